The molecular weight excluding hydrogens is 280 g/mol. The van der Waals surface area contributed by atoms with Crippen molar-refractivity contribution in [2.24, 2.45) is 0 Å². The molecule has 1 saturated carbocycles. The van der Waals surface area contributed by atoms with Gasteiger partial charge in [-0.15, -0.1) is 0 Å². The van der Waals surface area contributed by atoms with Crippen molar-refractivity contribution in [2.45, 2.75) is 89.3 Å². The maximum atomic E-state index is 12.5. The number of hydrogen-bond donors (Lipinski definition) is 2. The highest BCUT2D eigenvalue weighted by Crippen LogP contribution is 2.30. The molecule has 22 heavy (non-hydrogen) atoms. The number of hydrogen-bond acceptors (Lipinski definition) is 3. The lowest BCUT2D eigenvalue weighted by atomic mass is 9.82. The molecule has 2 amide bonds. The number of likely N-dealkylation sites (tertiary alicyclic amines) is 1. The molecule has 0 bridgehead atoms. The van der Waals surface area contributed by atoms with Crippen molar-refractivity contribution < 1.29 is 14.7 Å². The Morgan fingerprint density at radius 1 is 1.23 bits per heavy atom. The third kappa shape index (κ3) is 4.45. The van der Waals surface area contributed by atoms with Gasteiger partial charge >= 0.3 is 0 Å². The summed E-state index contributed by atoms with van der Waals surface area (Å²) in [5.74, 6) is -0.217. The molecule has 126 valence electrons. The van der Waals surface area contributed by atoms with Gasteiger partial charge in [0.05, 0.1) is 12.0 Å². The summed E-state index contributed by atoms with van der Waals surface area (Å²) in [6, 6.07) is -0.261. The summed E-state index contributed by atoms with van der Waals surface area (Å²) < 4.78 is 0. The minimum atomic E-state index is -0.872. The third-order valence-electron chi connectivity index (χ3n) is 5.11. The van der Waals surface area contributed by atoms with Crippen molar-refractivity contribution in [3.8, 4) is 0 Å². The van der Waals surface area contributed by atoms with Gasteiger partial charge in [0.15, 0.2) is 0 Å². The van der Waals surface area contributed by atoms with Gasteiger partial charge in [0.25, 0.3) is 0 Å². The molecule has 2 rings (SSSR count). The molecule has 5 nitrogen and oxygen atoms in total. The van der Waals surface area contributed by atoms with Gasteiger partial charge in [-0.1, -0.05) is 19.3 Å². The average molecular weight is 310 g/mol. The fourth-order valence-corrected chi connectivity index (χ4v) is 3.71. The highest BCUT2D eigenvalue weighted by molar-refractivity contribution is 5.87. The number of carbonyl (C=O) groups is 2. The van der Waals surface area contributed by atoms with Crippen molar-refractivity contribution >= 4 is 11.8 Å². The van der Waals surface area contributed by atoms with E-state index in [2.05, 4.69) is 12.2 Å². The molecule has 0 spiro atoms. The zero-order valence-corrected chi connectivity index (χ0v) is 13.9. The number of piperidine rings is 1. The minimum absolute atomic E-state index is 0.00353. The van der Waals surface area contributed by atoms with Crippen molar-refractivity contribution in [1.82, 2.24) is 10.2 Å². The molecule has 1 aliphatic heterocycles. The highest BCUT2D eigenvalue weighted by atomic mass is 16.3. The maximum Gasteiger partial charge on any atom is 0.245 e. The number of aliphatic hydroxyl groups is 1. The molecular formula is C17H30N2O3. The van der Waals surface area contributed by atoms with Crippen LogP contribution in [0.1, 0.15) is 71.6 Å². The summed E-state index contributed by atoms with van der Waals surface area (Å²) in [6.45, 7) is 4.59. The van der Waals surface area contributed by atoms with Crippen LogP contribution in [0.5, 0.6) is 0 Å². The summed E-state index contributed by atoms with van der Waals surface area (Å²) >= 11 is 0. The van der Waals surface area contributed by atoms with E-state index in [-0.39, 0.29) is 24.3 Å². The first-order valence-corrected chi connectivity index (χ1v) is 8.73. The average Bonchev–Trinajstić information content (AvgIpc) is 2.47. The second-order valence-electron chi connectivity index (χ2n) is 7.13. The van der Waals surface area contributed by atoms with E-state index < -0.39 is 11.6 Å². The molecule has 0 aromatic heterocycles. The molecule has 5 heteroatoms. The van der Waals surface area contributed by atoms with E-state index in [1.54, 1.807) is 6.92 Å². The van der Waals surface area contributed by atoms with E-state index in [1.165, 1.54) is 6.42 Å². The Balaban J connectivity index is 1.83. The first-order valence-electron chi connectivity index (χ1n) is 8.73. The van der Waals surface area contributed by atoms with Crippen LogP contribution in [0.25, 0.3) is 0 Å². The lowest BCUT2D eigenvalue weighted by Crippen LogP contribution is -2.52. The van der Waals surface area contributed by atoms with Gasteiger partial charge in [0, 0.05) is 12.6 Å². The number of carbonyl (C=O) groups excluding carboxylic acids is 2. The Morgan fingerprint density at radius 2 is 1.91 bits per heavy atom. The normalized spacial score (nSPS) is 26.3. The molecule has 0 radical (unpaired) electrons. The number of nitrogens with zero attached hydrogens (tertiary/aromatic N) is 1. The summed E-state index contributed by atoms with van der Waals surface area (Å²) in [5, 5.41) is 13.2. The predicted octanol–water partition coefficient (Wildman–Crippen LogP) is 1.98. The number of rotatable bonds is 4. The summed E-state index contributed by atoms with van der Waals surface area (Å²) in [4.78, 5) is 26.5. The topological polar surface area (TPSA) is 69.6 Å². The van der Waals surface area contributed by atoms with Crippen LogP contribution in [-0.2, 0) is 9.59 Å². The molecule has 2 aliphatic rings. The summed E-state index contributed by atoms with van der Waals surface area (Å²) in [7, 11) is 0. The molecule has 0 aromatic rings. The second kappa shape index (κ2) is 7.44. The SMILES string of the molecule is CC(NC(=O)CC1(O)CCCCC1)C(=O)N1CCCCC1C. The molecule has 1 aliphatic carbocycles. The van der Waals surface area contributed by atoms with E-state index in [9.17, 15) is 14.7 Å². The van der Waals surface area contributed by atoms with Crippen LogP contribution >= 0.6 is 0 Å². The lowest BCUT2D eigenvalue weighted by Gasteiger charge is -2.36. The zero-order valence-electron chi connectivity index (χ0n) is 13.9. The van der Waals surface area contributed by atoms with Gasteiger partial charge < -0.3 is 15.3 Å². The van der Waals surface area contributed by atoms with E-state index in [4.69, 9.17) is 0 Å². The number of nitrogens with one attached hydrogen (secondary N) is 1. The fraction of sp³-hybridized carbons (Fsp3) is 0.882. The van der Waals surface area contributed by atoms with E-state index >= 15 is 0 Å². The van der Waals surface area contributed by atoms with Gasteiger partial charge in [-0.2, -0.15) is 0 Å². The molecule has 2 N–H and O–H groups in total. The van der Waals surface area contributed by atoms with Crippen molar-refractivity contribution in [3.63, 3.8) is 0 Å². The Kier molecular flexibility index (Phi) is 5.84. The molecule has 1 saturated heterocycles. The number of amides is 2. The summed E-state index contributed by atoms with van der Waals surface area (Å²) in [5.41, 5.74) is -0.872. The van der Waals surface area contributed by atoms with Crippen LogP contribution in [0.15, 0.2) is 0 Å². The standard InChI is InChI=1S/C17H30N2O3/c1-13-8-4-7-11-19(13)16(21)14(2)18-15(20)12-17(22)9-5-3-6-10-17/h13-14,22H,3-12H2,1-2H3,(H,18,20). The molecule has 1 heterocycles. The minimum Gasteiger partial charge on any atom is -0.389 e. The van der Waals surface area contributed by atoms with Gasteiger partial charge in [-0.25, -0.2) is 0 Å². The predicted molar refractivity (Wildman–Crippen MR) is 85.3 cm³/mol. The first kappa shape index (κ1) is 17.3. The van der Waals surface area contributed by atoms with Gasteiger partial charge in [0.2, 0.25) is 11.8 Å². The second-order valence-corrected chi connectivity index (χ2v) is 7.13. The van der Waals surface area contributed by atoms with E-state index in [1.807, 2.05) is 4.90 Å². The zero-order chi connectivity index (χ0) is 16.2. The van der Waals surface area contributed by atoms with Crippen LogP contribution in [-0.4, -0.2) is 46.1 Å². The van der Waals surface area contributed by atoms with Crippen LogP contribution in [0.2, 0.25) is 0 Å². The molecule has 2 atom stereocenters. The molecule has 2 fully saturated rings. The smallest absolute Gasteiger partial charge is 0.245 e. The van der Waals surface area contributed by atoms with Crippen molar-refractivity contribution in [3.05, 3.63) is 0 Å². The maximum absolute atomic E-state index is 12.5. The van der Waals surface area contributed by atoms with E-state index in [0.29, 0.717) is 12.8 Å². The Bertz CT molecular complexity index is 405. The van der Waals surface area contributed by atoms with Crippen LogP contribution in [0.4, 0.5) is 0 Å². The highest BCUT2D eigenvalue weighted by Gasteiger charge is 2.33. The third-order valence-corrected chi connectivity index (χ3v) is 5.11. The quantitative estimate of drug-likeness (QED) is 0.834. The lowest BCUT2D eigenvalue weighted by molar-refractivity contribution is -0.140. The van der Waals surface area contributed by atoms with Gasteiger partial charge in [0.1, 0.15) is 6.04 Å². The monoisotopic (exact) mass is 310 g/mol. The van der Waals surface area contributed by atoms with Crippen LogP contribution in [0, 0.1) is 0 Å². The Labute approximate surface area is 133 Å². The fourth-order valence-electron chi connectivity index (χ4n) is 3.71. The first-order chi connectivity index (χ1) is 10.4. The van der Waals surface area contributed by atoms with Crippen molar-refractivity contribution in [2.75, 3.05) is 6.54 Å². The van der Waals surface area contributed by atoms with E-state index in [0.717, 1.165) is 38.6 Å². The molecule has 0 aromatic carbocycles. The Hall–Kier alpha value is -1.10. The molecule has 2 unspecified atom stereocenters. The summed E-state index contributed by atoms with van der Waals surface area (Å²) in [6.07, 6.45) is 7.80. The van der Waals surface area contributed by atoms with Crippen LogP contribution in [0.3, 0.4) is 0 Å². The Morgan fingerprint density at radius 3 is 2.55 bits per heavy atom. The van der Waals surface area contributed by atoms with Gasteiger partial charge in [-0.3, -0.25) is 9.59 Å². The van der Waals surface area contributed by atoms with Crippen molar-refractivity contribution in [1.29, 1.82) is 0 Å². The van der Waals surface area contributed by atoms with Gasteiger partial charge in [-0.05, 0) is 46.0 Å². The largest absolute Gasteiger partial charge is 0.389 e. The van der Waals surface area contributed by atoms with Crippen LogP contribution < -0.4 is 5.32 Å².